The molecule has 0 aliphatic rings. The van der Waals surface area contributed by atoms with Crippen molar-refractivity contribution in [3.05, 3.63) is 95.6 Å². The Balaban J connectivity index is 1.72. The maximum Gasteiger partial charge on any atom is 0.251 e. The van der Waals surface area contributed by atoms with Crippen LogP contribution in [0.2, 0.25) is 0 Å². The number of ether oxygens (including phenoxy) is 1. The molecule has 3 aromatic carbocycles. The van der Waals surface area contributed by atoms with Gasteiger partial charge in [0.15, 0.2) is 0 Å². The smallest absolute Gasteiger partial charge is 0.251 e. The van der Waals surface area contributed by atoms with Crippen LogP contribution in [0.25, 0.3) is 0 Å². The Kier molecular flexibility index (Phi) is 7.82. The Morgan fingerprint density at radius 1 is 0.903 bits per heavy atom. The zero-order chi connectivity index (χ0) is 22.1. The Morgan fingerprint density at radius 2 is 1.58 bits per heavy atom. The molecule has 1 unspecified atom stereocenters. The van der Waals surface area contributed by atoms with E-state index in [2.05, 4.69) is 22.8 Å². The molecule has 0 fully saturated rings. The van der Waals surface area contributed by atoms with E-state index in [0.717, 1.165) is 18.4 Å². The van der Waals surface area contributed by atoms with Crippen molar-refractivity contribution in [2.75, 3.05) is 12.4 Å². The Labute approximate surface area is 183 Å². The van der Waals surface area contributed by atoms with E-state index in [9.17, 15) is 9.59 Å². The fourth-order valence-electron chi connectivity index (χ4n) is 3.45. The first-order chi connectivity index (χ1) is 15.1. The van der Waals surface area contributed by atoms with Gasteiger partial charge >= 0.3 is 0 Å². The summed E-state index contributed by atoms with van der Waals surface area (Å²) in [5.41, 5.74) is 3.25. The van der Waals surface area contributed by atoms with Crippen molar-refractivity contribution in [3.8, 4) is 5.75 Å². The fourth-order valence-corrected chi connectivity index (χ4v) is 3.45. The van der Waals surface area contributed by atoms with E-state index in [1.54, 1.807) is 31.4 Å². The summed E-state index contributed by atoms with van der Waals surface area (Å²) in [7, 11) is 1.60. The van der Waals surface area contributed by atoms with Crippen LogP contribution in [0, 0.1) is 6.92 Å². The second-order valence-electron chi connectivity index (χ2n) is 7.39. The number of methoxy groups -OCH3 is 1. The van der Waals surface area contributed by atoms with Gasteiger partial charge in [0.1, 0.15) is 11.8 Å². The number of rotatable bonds is 9. The molecule has 160 valence electrons. The largest absolute Gasteiger partial charge is 0.496 e. The third-order valence-electron chi connectivity index (χ3n) is 5.22. The van der Waals surface area contributed by atoms with E-state index in [-0.39, 0.29) is 11.8 Å². The Morgan fingerprint density at radius 3 is 2.26 bits per heavy atom. The summed E-state index contributed by atoms with van der Waals surface area (Å²) < 4.78 is 5.34. The van der Waals surface area contributed by atoms with Crippen molar-refractivity contribution in [1.29, 1.82) is 0 Å². The predicted octanol–water partition coefficient (Wildman–Crippen LogP) is 4.76. The number of hydrogen-bond donors (Lipinski definition) is 2. The highest BCUT2D eigenvalue weighted by Gasteiger charge is 2.22. The summed E-state index contributed by atoms with van der Waals surface area (Å²) in [6, 6.07) is 23.9. The van der Waals surface area contributed by atoms with Crippen LogP contribution < -0.4 is 15.4 Å². The van der Waals surface area contributed by atoms with Crippen LogP contribution in [-0.4, -0.2) is 25.0 Å². The van der Waals surface area contributed by atoms with Gasteiger partial charge in [0.25, 0.3) is 5.91 Å². The number of carbonyl (C=O) groups excluding carboxylic acids is 2. The highest BCUT2D eigenvalue weighted by molar-refractivity contribution is 6.01. The standard InChI is InChI=1S/C26H28N2O3/c1-19-22(16-10-18-24(19)31-2)27-26(30)23(17-9-13-20-11-5-3-6-12-20)28-25(29)21-14-7-4-8-15-21/h3-8,10-12,14-16,18,23H,9,13,17H2,1-2H3,(H,27,30)(H,28,29). The third kappa shape index (κ3) is 6.19. The summed E-state index contributed by atoms with van der Waals surface area (Å²) in [5.74, 6) is 0.197. The summed E-state index contributed by atoms with van der Waals surface area (Å²) in [6.45, 7) is 1.89. The molecule has 31 heavy (non-hydrogen) atoms. The van der Waals surface area contributed by atoms with Gasteiger partial charge in [0.05, 0.1) is 7.11 Å². The highest BCUT2D eigenvalue weighted by atomic mass is 16.5. The Bertz CT molecular complexity index is 1000. The number of nitrogens with one attached hydrogen (secondary N) is 2. The molecule has 0 saturated heterocycles. The molecule has 2 N–H and O–H groups in total. The summed E-state index contributed by atoms with van der Waals surface area (Å²) in [5, 5.41) is 5.86. The molecule has 0 spiro atoms. The molecule has 1 atom stereocenters. The lowest BCUT2D eigenvalue weighted by molar-refractivity contribution is -0.118. The molecule has 0 bridgehead atoms. The van der Waals surface area contributed by atoms with Gasteiger partial charge in [0, 0.05) is 16.8 Å². The summed E-state index contributed by atoms with van der Waals surface area (Å²) in [4.78, 5) is 25.8. The average molecular weight is 417 g/mol. The van der Waals surface area contributed by atoms with Gasteiger partial charge in [0.2, 0.25) is 5.91 Å². The van der Waals surface area contributed by atoms with Crippen molar-refractivity contribution in [1.82, 2.24) is 5.32 Å². The van der Waals surface area contributed by atoms with Crippen LogP contribution in [-0.2, 0) is 11.2 Å². The van der Waals surface area contributed by atoms with Gasteiger partial charge in [-0.1, -0.05) is 54.6 Å². The molecule has 0 aliphatic heterocycles. The molecule has 3 rings (SSSR count). The number of amides is 2. The van der Waals surface area contributed by atoms with Gasteiger partial charge in [-0.05, 0) is 56.0 Å². The molecule has 0 heterocycles. The SMILES string of the molecule is COc1cccc(NC(=O)C(CCCc2ccccc2)NC(=O)c2ccccc2)c1C. The van der Waals surface area contributed by atoms with Crippen LogP contribution in [0.1, 0.15) is 34.3 Å². The van der Waals surface area contributed by atoms with Crippen molar-refractivity contribution in [2.45, 2.75) is 32.2 Å². The number of aryl methyl sites for hydroxylation is 1. The summed E-state index contributed by atoms with van der Waals surface area (Å²) >= 11 is 0. The monoisotopic (exact) mass is 416 g/mol. The molecule has 0 radical (unpaired) electrons. The van der Waals surface area contributed by atoms with Crippen LogP contribution in [0.4, 0.5) is 5.69 Å². The minimum absolute atomic E-state index is 0.242. The van der Waals surface area contributed by atoms with Crippen LogP contribution >= 0.6 is 0 Å². The lowest BCUT2D eigenvalue weighted by Gasteiger charge is -2.20. The first-order valence-electron chi connectivity index (χ1n) is 10.4. The van der Waals surface area contributed by atoms with E-state index < -0.39 is 6.04 Å². The lowest BCUT2D eigenvalue weighted by Crippen LogP contribution is -2.44. The minimum atomic E-state index is -0.651. The number of benzene rings is 3. The molecule has 2 amide bonds. The zero-order valence-electron chi connectivity index (χ0n) is 17.9. The Hall–Kier alpha value is -3.60. The normalized spacial score (nSPS) is 11.4. The molecule has 0 aromatic heterocycles. The molecule has 0 saturated carbocycles. The number of anilines is 1. The van der Waals surface area contributed by atoms with E-state index in [4.69, 9.17) is 4.74 Å². The first-order valence-corrected chi connectivity index (χ1v) is 10.4. The molecule has 5 heteroatoms. The van der Waals surface area contributed by atoms with E-state index in [1.807, 2.05) is 49.4 Å². The molecular formula is C26H28N2O3. The van der Waals surface area contributed by atoms with E-state index in [1.165, 1.54) is 5.56 Å². The molecular weight excluding hydrogens is 388 g/mol. The highest BCUT2D eigenvalue weighted by Crippen LogP contribution is 2.25. The topological polar surface area (TPSA) is 67.4 Å². The van der Waals surface area contributed by atoms with Crippen LogP contribution in [0.5, 0.6) is 5.75 Å². The third-order valence-corrected chi connectivity index (χ3v) is 5.22. The van der Waals surface area contributed by atoms with E-state index in [0.29, 0.717) is 23.4 Å². The van der Waals surface area contributed by atoms with Crippen molar-refractivity contribution >= 4 is 17.5 Å². The van der Waals surface area contributed by atoms with Crippen LogP contribution in [0.15, 0.2) is 78.9 Å². The van der Waals surface area contributed by atoms with Gasteiger partial charge in [-0.15, -0.1) is 0 Å². The van der Waals surface area contributed by atoms with Gasteiger partial charge in [-0.3, -0.25) is 9.59 Å². The van der Waals surface area contributed by atoms with Crippen molar-refractivity contribution in [2.24, 2.45) is 0 Å². The average Bonchev–Trinajstić information content (AvgIpc) is 2.81. The second kappa shape index (κ2) is 11.0. The van der Waals surface area contributed by atoms with Gasteiger partial charge < -0.3 is 15.4 Å². The predicted molar refractivity (Wildman–Crippen MR) is 123 cm³/mol. The van der Waals surface area contributed by atoms with Crippen molar-refractivity contribution < 1.29 is 14.3 Å². The molecule has 3 aromatic rings. The minimum Gasteiger partial charge on any atom is -0.496 e. The van der Waals surface area contributed by atoms with E-state index >= 15 is 0 Å². The number of carbonyl (C=O) groups is 2. The lowest BCUT2D eigenvalue weighted by atomic mass is 10.0. The zero-order valence-corrected chi connectivity index (χ0v) is 17.9. The summed E-state index contributed by atoms with van der Waals surface area (Å²) in [6.07, 6.45) is 2.14. The molecule has 0 aliphatic carbocycles. The second-order valence-corrected chi connectivity index (χ2v) is 7.39. The van der Waals surface area contributed by atoms with Gasteiger partial charge in [-0.2, -0.15) is 0 Å². The van der Waals surface area contributed by atoms with Crippen molar-refractivity contribution in [3.63, 3.8) is 0 Å². The first kappa shape index (κ1) is 22.1. The van der Waals surface area contributed by atoms with Gasteiger partial charge in [-0.25, -0.2) is 0 Å². The van der Waals surface area contributed by atoms with Crippen LogP contribution in [0.3, 0.4) is 0 Å². The fraction of sp³-hybridized carbons (Fsp3) is 0.231. The molecule has 5 nitrogen and oxygen atoms in total. The maximum absolute atomic E-state index is 13.1. The number of hydrogen-bond acceptors (Lipinski definition) is 3. The maximum atomic E-state index is 13.1. The quantitative estimate of drug-likeness (QED) is 0.528.